The highest BCUT2D eigenvalue weighted by atomic mass is 79.9. The van der Waals surface area contributed by atoms with E-state index in [1.54, 1.807) is 4.90 Å². The topological polar surface area (TPSA) is 112 Å². The third-order valence-corrected chi connectivity index (χ3v) is 6.58. The fourth-order valence-electron chi connectivity index (χ4n) is 4.63. The first kappa shape index (κ1) is 20.2. The molecule has 0 unspecified atom stereocenters. The van der Waals surface area contributed by atoms with Crippen molar-refractivity contribution < 1.29 is 4.79 Å². The molecular formula is C24H19BrN6O. The van der Waals surface area contributed by atoms with E-state index < -0.39 is 5.92 Å². The van der Waals surface area contributed by atoms with Crippen LogP contribution >= 0.6 is 15.9 Å². The number of allylic oxidation sites excluding steroid dienone is 3. The Hall–Kier alpha value is -3.70. The lowest BCUT2D eigenvalue weighted by molar-refractivity contribution is -0.116. The summed E-state index contributed by atoms with van der Waals surface area (Å²) in [5.41, 5.74) is 10.2. The molecule has 3 aromatic rings. The molecule has 0 fully saturated rings. The number of hydrogen-bond donors (Lipinski definition) is 2. The molecule has 32 heavy (non-hydrogen) atoms. The number of carbonyl (C=O) groups excluding carboxylic acids is 1. The second kappa shape index (κ2) is 8.09. The summed E-state index contributed by atoms with van der Waals surface area (Å²) in [5.74, 6) is 0.148. The molecular weight excluding hydrogens is 468 g/mol. The van der Waals surface area contributed by atoms with Crippen molar-refractivity contribution in [2.24, 2.45) is 5.73 Å². The minimum atomic E-state index is -0.522. The number of ketones is 1. The summed E-state index contributed by atoms with van der Waals surface area (Å²) in [6.45, 7) is 0. The quantitative estimate of drug-likeness (QED) is 0.571. The van der Waals surface area contributed by atoms with E-state index in [1.165, 1.54) is 6.33 Å². The third-order valence-electron chi connectivity index (χ3n) is 6.06. The second-order valence-corrected chi connectivity index (χ2v) is 8.75. The summed E-state index contributed by atoms with van der Waals surface area (Å²) >= 11 is 3.46. The van der Waals surface area contributed by atoms with Crippen LogP contribution in [-0.4, -0.2) is 21.0 Å². The fourth-order valence-corrected chi connectivity index (χ4v) is 4.89. The van der Waals surface area contributed by atoms with Crippen molar-refractivity contribution in [2.45, 2.75) is 24.7 Å². The van der Waals surface area contributed by atoms with Gasteiger partial charge in [0.15, 0.2) is 5.78 Å². The van der Waals surface area contributed by atoms with Gasteiger partial charge in [-0.1, -0.05) is 58.4 Å². The van der Waals surface area contributed by atoms with Crippen molar-refractivity contribution >= 4 is 27.7 Å². The molecule has 158 valence electrons. The average molecular weight is 487 g/mol. The van der Waals surface area contributed by atoms with Crippen LogP contribution in [0, 0.1) is 11.3 Å². The highest BCUT2D eigenvalue weighted by Crippen LogP contribution is 2.48. The van der Waals surface area contributed by atoms with Crippen LogP contribution in [0.15, 0.2) is 88.1 Å². The zero-order valence-electron chi connectivity index (χ0n) is 17.0. The standard InChI is InChI=1S/C24H19BrN6O/c25-17-8-6-15(7-9-17)21-18(12-26)23(27)31(24-28-13-29-30-24)19-10-16(11-20(32)22(19)21)14-4-2-1-3-5-14/h1-9,13,16,21H,10-11,27H2,(H,28,29,30)/t16-,21-/m1/s1. The lowest BCUT2D eigenvalue weighted by Gasteiger charge is -2.40. The number of nitrogens with two attached hydrogens (primary N) is 1. The molecule has 2 aromatic carbocycles. The van der Waals surface area contributed by atoms with Gasteiger partial charge in [-0.05, 0) is 35.6 Å². The number of Topliss-reactive ketones (excluding diaryl/α,β-unsaturated/α-hetero) is 1. The molecule has 0 radical (unpaired) electrons. The van der Waals surface area contributed by atoms with Crippen molar-refractivity contribution in [3.8, 4) is 6.07 Å². The van der Waals surface area contributed by atoms with Gasteiger partial charge in [0.25, 0.3) is 0 Å². The first-order valence-electron chi connectivity index (χ1n) is 10.2. The maximum atomic E-state index is 13.6. The number of halogens is 1. The highest BCUT2D eigenvalue weighted by Gasteiger charge is 2.43. The van der Waals surface area contributed by atoms with Gasteiger partial charge in [-0.25, -0.2) is 5.10 Å². The number of rotatable bonds is 3. The third kappa shape index (κ3) is 3.31. The number of nitrogens with zero attached hydrogens (tertiary/aromatic N) is 4. The van der Waals surface area contributed by atoms with E-state index in [9.17, 15) is 10.1 Å². The van der Waals surface area contributed by atoms with Gasteiger partial charge in [0.2, 0.25) is 5.95 Å². The van der Waals surface area contributed by atoms with Crippen molar-refractivity contribution in [3.05, 3.63) is 99.2 Å². The number of carbonyl (C=O) groups is 1. The Morgan fingerprint density at radius 2 is 1.84 bits per heavy atom. The molecule has 1 aromatic heterocycles. The molecule has 2 aliphatic rings. The molecule has 3 N–H and O–H groups in total. The molecule has 0 saturated heterocycles. The van der Waals surface area contributed by atoms with Gasteiger partial charge < -0.3 is 5.73 Å². The Morgan fingerprint density at radius 1 is 1.09 bits per heavy atom. The SMILES string of the molecule is N#CC1=C(N)N(c2ncn[nH]2)C2=C(C(=O)C[C@H](c3ccccc3)C2)[C@@H]1c1ccc(Br)cc1. The first-order chi connectivity index (χ1) is 15.6. The number of anilines is 1. The molecule has 2 atom stereocenters. The van der Waals surface area contributed by atoms with Crippen LogP contribution in [0.3, 0.4) is 0 Å². The van der Waals surface area contributed by atoms with Gasteiger partial charge in [0.05, 0.1) is 17.6 Å². The molecule has 1 aliphatic carbocycles. The minimum Gasteiger partial charge on any atom is -0.384 e. The Balaban J connectivity index is 1.71. The number of nitrogens with one attached hydrogen (secondary N) is 1. The summed E-state index contributed by atoms with van der Waals surface area (Å²) in [4.78, 5) is 19.6. The number of benzene rings is 2. The largest absolute Gasteiger partial charge is 0.384 e. The van der Waals surface area contributed by atoms with Crippen LogP contribution in [-0.2, 0) is 4.79 Å². The first-order valence-corrected chi connectivity index (χ1v) is 11.0. The van der Waals surface area contributed by atoms with Gasteiger partial charge in [0.1, 0.15) is 12.1 Å². The van der Waals surface area contributed by atoms with Crippen LogP contribution in [0.2, 0.25) is 0 Å². The van der Waals surface area contributed by atoms with Crippen LogP contribution in [0.4, 0.5) is 5.95 Å². The van der Waals surface area contributed by atoms with Gasteiger partial charge in [-0.2, -0.15) is 15.3 Å². The van der Waals surface area contributed by atoms with Gasteiger partial charge in [-0.3, -0.25) is 9.69 Å². The molecule has 2 heterocycles. The summed E-state index contributed by atoms with van der Waals surface area (Å²) in [6.07, 6.45) is 2.35. The molecule has 0 spiro atoms. The minimum absolute atomic E-state index is 0.00914. The zero-order chi connectivity index (χ0) is 22.2. The van der Waals surface area contributed by atoms with Crippen molar-refractivity contribution in [1.82, 2.24) is 15.2 Å². The molecule has 0 saturated carbocycles. The monoisotopic (exact) mass is 486 g/mol. The molecule has 5 rings (SSSR count). The normalized spacial score (nSPS) is 20.9. The summed E-state index contributed by atoms with van der Waals surface area (Å²) in [6, 6.07) is 19.9. The molecule has 7 nitrogen and oxygen atoms in total. The maximum absolute atomic E-state index is 13.6. The van der Waals surface area contributed by atoms with Crippen LogP contribution in [0.1, 0.15) is 35.8 Å². The van der Waals surface area contributed by atoms with E-state index in [2.05, 4.69) is 37.2 Å². The van der Waals surface area contributed by atoms with Crippen molar-refractivity contribution in [2.75, 3.05) is 4.90 Å². The smallest absolute Gasteiger partial charge is 0.231 e. The van der Waals surface area contributed by atoms with E-state index in [0.717, 1.165) is 21.3 Å². The summed E-state index contributed by atoms with van der Waals surface area (Å²) < 4.78 is 0.920. The van der Waals surface area contributed by atoms with Crippen LogP contribution in [0.25, 0.3) is 0 Å². The van der Waals surface area contributed by atoms with E-state index in [4.69, 9.17) is 5.73 Å². The predicted octanol–water partition coefficient (Wildman–Crippen LogP) is 4.27. The Morgan fingerprint density at radius 3 is 2.50 bits per heavy atom. The molecule has 1 aliphatic heterocycles. The number of H-pyrrole nitrogens is 1. The van der Waals surface area contributed by atoms with Crippen molar-refractivity contribution in [3.63, 3.8) is 0 Å². The second-order valence-electron chi connectivity index (χ2n) is 7.84. The Labute approximate surface area is 193 Å². The number of nitriles is 1. The van der Waals surface area contributed by atoms with Gasteiger partial charge in [0, 0.05) is 22.2 Å². The van der Waals surface area contributed by atoms with Crippen LogP contribution < -0.4 is 10.6 Å². The molecule has 0 amide bonds. The Kier molecular flexibility index (Phi) is 5.11. The zero-order valence-corrected chi connectivity index (χ0v) is 18.6. The van der Waals surface area contributed by atoms with Crippen molar-refractivity contribution in [1.29, 1.82) is 5.26 Å². The van der Waals surface area contributed by atoms with Gasteiger partial charge in [-0.15, -0.1) is 0 Å². The lowest BCUT2D eigenvalue weighted by atomic mass is 9.72. The summed E-state index contributed by atoms with van der Waals surface area (Å²) in [5, 5.41) is 16.9. The number of aromatic nitrogens is 3. The van der Waals surface area contributed by atoms with E-state index in [0.29, 0.717) is 29.9 Å². The fraction of sp³-hybridized carbons (Fsp3) is 0.167. The maximum Gasteiger partial charge on any atom is 0.231 e. The summed E-state index contributed by atoms with van der Waals surface area (Å²) in [7, 11) is 0. The van der Waals surface area contributed by atoms with Crippen LogP contribution in [0.5, 0.6) is 0 Å². The lowest BCUT2D eigenvalue weighted by Crippen LogP contribution is -2.40. The predicted molar refractivity (Wildman–Crippen MR) is 123 cm³/mol. The van der Waals surface area contributed by atoms with Gasteiger partial charge >= 0.3 is 0 Å². The van der Waals surface area contributed by atoms with E-state index in [-0.39, 0.29) is 17.5 Å². The molecule has 8 heteroatoms. The highest BCUT2D eigenvalue weighted by molar-refractivity contribution is 9.10. The number of aromatic amines is 1. The van der Waals surface area contributed by atoms with E-state index >= 15 is 0 Å². The average Bonchev–Trinajstić information content (AvgIpc) is 3.34. The van der Waals surface area contributed by atoms with E-state index in [1.807, 2.05) is 54.6 Å². The Bertz CT molecular complexity index is 1270. The molecule has 0 bridgehead atoms. The number of hydrogen-bond acceptors (Lipinski definition) is 6.